The van der Waals surface area contributed by atoms with Gasteiger partial charge in [0, 0.05) is 22.7 Å². The molecule has 31 heavy (non-hydrogen) atoms. The van der Waals surface area contributed by atoms with Crippen LogP contribution in [0.3, 0.4) is 0 Å². The standard InChI is InChI=1S/C25H17N3O2S/c29-24-23(31-25-27-21-8-4-5-9-22(21)28(24)25)12-17-14-26-20-11-10-18(13-19(17)20)30-15-16-6-2-1-3-7-16/h1-14,26H,15H2/b23-12+. The first-order chi connectivity index (χ1) is 15.3. The molecule has 0 amide bonds. The van der Waals surface area contributed by atoms with Crippen molar-refractivity contribution in [2.24, 2.45) is 0 Å². The van der Waals surface area contributed by atoms with Gasteiger partial charge in [0.15, 0.2) is 4.96 Å². The van der Waals surface area contributed by atoms with Gasteiger partial charge in [0.1, 0.15) is 12.4 Å². The molecule has 5 nitrogen and oxygen atoms in total. The minimum Gasteiger partial charge on any atom is -0.489 e. The molecule has 0 aliphatic rings. The molecule has 1 N–H and O–H groups in total. The Morgan fingerprint density at radius 1 is 1.03 bits per heavy atom. The Bertz CT molecular complexity index is 1660. The quantitative estimate of drug-likeness (QED) is 0.454. The minimum atomic E-state index is -0.0421. The summed E-state index contributed by atoms with van der Waals surface area (Å²) >= 11 is 1.41. The van der Waals surface area contributed by atoms with E-state index in [0.717, 1.165) is 38.8 Å². The second kappa shape index (κ2) is 7.11. The Morgan fingerprint density at radius 3 is 2.77 bits per heavy atom. The summed E-state index contributed by atoms with van der Waals surface area (Å²) in [5.41, 5.74) is 4.70. The van der Waals surface area contributed by atoms with E-state index in [4.69, 9.17) is 4.74 Å². The number of thiazole rings is 1. The normalized spacial score (nSPS) is 12.3. The number of hydrogen-bond donors (Lipinski definition) is 1. The van der Waals surface area contributed by atoms with Crippen LogP contribution in [0.1, 0.15) is 11.1 Å². The molecule has 0 aliphatic carbocycles. The zero-order valence-corrected chi connectivity index (χ0v) is 17.2. The predicted molar refractivity (Wildman–Crippen MR) is 125 cm³/mol. The van der Waals surface area contributed by atoms with Crippen LogP contribution < -0.4 is 14.8 Å². The summed E-state index contributed by atoms with van der Waals surface area (Å²) in [6.07, 6.45) is 3.85. The smallest absolute Gasteiger partial charge is 0.274 e. The highest BCUT2D eigenvalue weighted by molar-refractivity contribution is 7.15. The second-order valence-corrected chi connectivity index (χ2v) is 8.37. The van der Waals surface area contributed by atoms with Crippen molar-refractivity contribution in [2.75, 3.05) is 0 Å². The SMILES string of the molecule is O=c1/c(=C\c2c[nH]c3ccc(OCc4ccccc4)cc23)sc2nc3ccccc3n12. The van der Waals surface area contributed by atoms with E-state index in [0.29, 0.717) is 16.1 Å². The molecule has 0 saturated heterocycles. The van der Waals surface area contributed by atoms with Crippen LogP contribution in [-0.2, 0) is 6.61 Å². The van der Waals surface area contributed by atoms with Gasteiger partial charge >= 0.3 is 0 Å². The second-order valence-electron chi connectivity index (χ2n) is 7.36. The van der Waals surface area contributed by atoms with Crippen molar-refractivity contribution < 1.29 is 4.74 Å². The molecule has 6 heteroatoms. The highest BCUT2D eigenvalue weighted by Crippen LogP contribution is 2.25. The monoisotopic (exact) mass is 423 g/mol. The molecule has 3 heterocycles. The van der Waals surface area contributed by atoms with Crippen molar-refractivity contribution in [3.05, 3.63) is 105 Å². The number of aromatic nitrogens is 3. The Labute approximate surface area is 180 Å². The lowest BCUT2D eigenvalue weighted by atomic mass is 10.1. The number of nitrogens with one attached hydrogen (secondary N) is 1. The van der Waals surface area contributed by atoms with Crippen molar-refractivity contribution in [1.82, 2.24) is 14.4 Å². The maximum absolute atomic E-state index is 13.1. The zero-order valence-electron chi connectivity index (χ0n) is 16.4. The summed E-state index contributed by atoms with van der Waals surface area (Å²) < 4.78 is 8.33. The van der Waals surface area contributed by atoms with Crippen LogP contribution in [-0.4, -0.2) is 14.4 Å². The Kier molecular flexibility index (Phi) is 4.11. The third-order valence-corrected chi connectivity index (χ3v) is 6.33. The van der Waals surface area contributed by atoms with E-state index in [-0.39, 0.29) is 5.56 Å². The van der Waals surface area contributed by atoms with Gasteiger partial charge in [0.05, 0.1) is 15.6 Å². The van der Waals surface area contributed by atoms with Crippen molar-refractivity contribution >= 4 is 44.3 Å². The summed E-state index contributed by atoms with van der Waals surface area (Å²) in [6.45, 7) is 0.510. The van der Waals surface area contributed by atoms with Crippen molar-refractivity contribution in [3.63, 3.8) is 0 Å². The molecular formula is C25H17N3O2S. The first kappa shape index (κ1) is 17.9. The average molecular weight is 423 g/mol. The summed E-state index contributed by atoms with van der Waals surface area (Å²) in [5, 5.41) is 1.01. The fraction of sp³-hybridized carbons (Fsp3) is 0.0400. The molecule has 0 spiro atoms. The summed E-state index contributed by atoms with van der Waals surface area (Å²) in [4.78, 5) is 21.6. The number of ether oxygens (including phenoxy) is 1. The molecule has 3 aromatic carbocycles. The number of hydrogen-bond acceptors (Lipinski definition) is 4. The minimum absolute atomic E-state index is 0.0421. The first-order valence-electron chi connectivity index (χ1n) is 9.96. The summed E-state index contributed by atoms with van der Waals surface area (Å²) in [5.74, 6) is 0.792. The molecular weight excluding hydrogens is 406 g/mol. The maximum atomic E-state index is 13.1. The number of imidazole rings is 1. The number of para-hydroxylation sites is 2. The Hall–Kier alpha value is -3.90. The van der Waals surface area contributed by atoms with E-state index in [9.17, 15) is 4.79 Å². The van der Waals surface area contributed by atoms with E-state index < -0.39 is 0 Å². The lowest BCUT2D eigenvalue weighted by Gasteiger charge is -2.06. The van der Waals surface area contributed by atoms with Crippen LogP contribution in [0.25, 0.3) is 33.0 Å². The molecule has 0 aliphatic heterocycles. The van der Waals surface area contributed by atoms with Gasteiger partial charge in [-0.05, 0) is 42.0 Å². The van der Waals surface area contributed by atoms with E-state index in [1.165, 1.54) is 11.3 Å². The van der Waals surface area contributed by atoms with Crippen LogP contribution in [0.5, 0.6) is 5.75 Å². The number of nitrogens with zero attached hydrogens (tertiary/aromatic N) is 2. The van der Waals surface area contributed by atoms with Crippen LogP contribution in [0.4, 0.5) is 0 Å². The highest BCUT2D eigenvalue weighted by atomic mass is 32.1. The predicted octanol–water partition coefficient (Wildman–Crippen LogP) is 4.52. The highest BCUT2D eigenvalue weighted by Gasteiger charge is 2.11. The van der Waals surface area contributed by atoms with Gasteiger partial charge in [-0.15, -0.1) is 0 Å². The molecule has 0 saturated carbocycles. The topological polar surface area (TPSA) is 59.4 Å². The van der Waals surface area contributed by atoms with Crippen LogP contribution in [0.2, 0.25) is 0 Å². The van der Waals surface area contributed by atoms with Crippen molar-refractivity contribution in [1.29, 1.82) is 0 Å². The van der Waals surface area contributed by atoms with Gasteiger partial charge in [0.25, 0.3) is 5.56 Å². The van der Waals surface area contributed by atoms with E-state index in [2.05, 4.69) is 9.97 Å². The molecule has 3 aromatic heterocycles. The third kappa shape index (κ3) is 3.08. The third-order valence-electron chi connectivity index (χ3n) is 5.37. The van der Waals surface area contributed by atoms with Gasteiger partial charge in [-0.25, -0.2) is 9.38 Å². The van der Waals surface area contributed by atoms with Gasteiger partial charge < -0.3 is 9.72 Å². The van der Waals surface area contributed by atoms with E-state index in [1.807, 2.05) is 85.1 Å². The molecule has 6 aromatic rings. The molecule has 0 atom stereocenters. The fourth-order valence-electron chi connectivity index (χ4n) is 3.82. The summed E-state index contributed by atoms with van der Waals surface area (Å²) in [6, 6.07) is 23.8. The number of rotatable bonds is 4. The average Bonchev–Trinajstić information content (AvgIpc) is 3.46. The van der Waals surface area contributed by atoms with Gasteiger partial charge in [-0.2, -0.15) is 0 Å². The van der Waals surface area contributed by atoms with Crippen molar-refractivity contribution in [2.45, 2.75) is 6.61 Å². The van der Waals surface area contributed by atoms with E-state index in [1.54, 1.807) is 4.40 Å². The zero-order chi connectivity index (χ0) is 20.8. The number of fused-ring (bicyclic) bond motifs is 4. The van der Waals surface area contributed by atoms with Crippen molar-refractivity contribution in [3.8, 4) is 5.75 Å². The van der Waals surface area contributed by atoms with Gasteiger partial charge in [-0.1, -0.05) is 53.8 Å². The summed E-state index contributed by atoms with van der Waals surface area (Å²) in [7, 11) is 0. The molecule has 150 valence electrons. The largest absolute Gasteiger partial charge is 0.489 e. The first-order valence-corrected chi connectivity index (χ1v) is 10.8. The lowest BCUT2D eigenvalue weighted by molar-refractivity contribution is 0.306. The molecule has 0 radical (unpaired) electrons. The number of benzene rings is 3. The van der Waals surface area contributed by atoms with Crippen LogP contribution in [0, 0.1) is 0 Å². The van der Waals surface area contributed by atoms with Crippen LogP contribution >= 0.6 is 11.3 Å². The Balaban J connectivity index is 1.41. The number of aromatic amines is 1. The fourth-order valence-corrected chi connectivity index (χ4v) is 4.80. The number of H-pyrrole nitrogens is 1. The maximum Gasteiger partial charge on any atom is 0.274 e. The molecule has 0 fully saturated rings. The Morgan fingerprint density at radius 2 is 1.87 bits per heavy atom. The molecule has 0 unspecified atom stereocenters. The van der Waals surface area contributed by atoms with E-state index >= 15 is 0 Å². The lowest BCUT2D eigenvalue weighted by Crippen LogP contribution is -2.22. The van der Waals surface area contributed by atoms with Crippen LogP contribution in [0.15, 0.2) is 83.8 Å². The van der Waals surface area contributed by atoms with Gasteiger partial charge in [-0.3, -0.25) is 4.79 Å². The molecule has 6 rings (SSSR count). The van der Waals surface area contributed by atoms with Gasteiger partial charge in [0.2, 0.25) is 0 Å². The molecule has 0 bridgehead atoms.